The third-order valence-corrected chi connectivity index (χ3v) is 4.17. The fourth-order valence-electron chi connectivity index (χ4n) is 2.54. The first-order valence-corrected chi connectivity index (χ1v) is 8.01. The number of morpholine rings is 1. The van der Waals surface area contributed by atoms with E-state index >= 15 is 0 Å². The third-order valence-electron chi connectivity index (χ3n) is 3.84. The van der Waals surface area contributed by atoms with Gasteiger partial charge in [0.05, 0.1) is 18.2 Å². The van der Waals surface area contributed by atoms with E-state index in [1.54, 1.807) is 18.2 Å². The molecule has 1 heterocycles. The number of carbonyl (C=O) groups is 1. The van der Waals surface area contributed by atoms with Crippen molar-refractivity contribution in [2.75, 3.05) is 31.2 Å². The van der Waals surface area contributed by atoms with Gasteiger partial charge in [-0.25, -0.2) is 0 Å². The number of hydrogen-bond acceptors (Lipinski definition) is 3. The second-order valence-corrected chi connectivity index (χ2v) is 5.78. The predicted molar refractivity (Wildman–Crippen MR) is 94.3 cm³/mol. The number of hydrogen-bond donors (Lipinski definition) is 0. The van der Waals surface area contributed by atoms with Crippen LogP contribution in [0.15, 0.2) is 54.6 Å². The van der Waals surface area contributed by atoms with E-state index in [1.807, 2.05) is 30.3 Å². The van der Waals surface area contributed by atoms with Gasteiger partial charge in [-0.2, -0.15) is 0 Å². The lowest BCUT2D eigenvalue weighted by molar-refractivity contribution is 0.104. The highest BCUT2D eigenvalue weighted by Crippen LogP contribution is 2.19. The summed E-state index contributed by atoms with van der Waals surface area (Å²) in [5.41, 5.74) is 2.70. The van der Waals surface area contributed by atoms with E-state index in [4.69, 9.17) is 16.3 Å². The monoisotopic (exact) mass is 327 g/mol. The number of benzene rings is 2. The lowest BCUT2D eigenvalue weighted by Gasteiger charge is -2.28. The van der Waals surface area contributed by atoms with Crippen LogP contribution >= 0.6 is 11.6 Å². The Morgan fingerprint density at radius 1 is 1.04 bits per heavy atom. The summed E-state index contributed by atoms with van der Waals surface area (Å²) in [5, 5.41) is 0.477. The molecule has 0 radical (unpaired) electrons. The molecule has 4 heteroatoms. The van der Waals surface area contributed by atoms with Gasteiger partial charge >= 0.3 is 0 Å². The Bertz CT molecular complexity index is 704. The molecule has 0 spiro atoms. The molecule has 1 aliphatic rings. The summed E-state index contributed by atoms with van der Waals surface area (Å²) in [5.74, 6) is -0.0899. The van der Waals surface area contributed by atoms with E-state index in [0.717, 1.165) is 31.9 Å². The van der Waals surface area contributed by atoms with Crippen LogP contribution in [0, 0.1) is 0 Å². The maximum Gasteiger partial charge on any atom is 0.187 e. The van der Waals surface area contributed by atoms with Gasteiger partial charge in [0.15, 0.2) is 5.78 Å². The van der Waals surface area contributed by atoms with Crippen molar-refractivity contribution in [1.82, 2.24) is 0 Å². The number of anilines is 1. The molecule has 0 amide bonds. The molecule has 3 nitrogen and oxygen atoms in total. The van der Waals surface area contributed by atoms with Crippen molar-refractivity contribution in [3.8, 4) is 0 Å². The summed E-state index contributed by atoms with van der Waals surface area (Å²) in [7, 11) is 0. The number of halogens is 1. The molecule has 0 bridgehead atoms. The van der Waals surface area contributed by atoms with Crippen LogP contribution < -0.4 is 4.90 Å². The largest absolute Gasteiger partial charge is 0.378 e. The second kappa shape index (κ2) is 7.44. The molecule has 0 saturated carbocycles. The van der Waals surface area contributed by atoms with Gasteiger partial charge in [0, 0.05) is 24.3 Å². The Morgan fingerprint density at radius 2 is 1.74 bits per heavy atom. The van der Waals surface area contributed by atoms with Crippen LogP contribution in [0.25, 0.3) is 6.08 Å². The van der Waals surface area contributed by atoms with Crippen LogP contribution in [0.4, 0.5) is 5.69 Å². The quantitative estimate of drug-likeness (QED) is 0.626. The van der Waals surface area contributed by atoms with Crippen LogP contribution in [-0.2, 0) is 4.74 Å². The molecule has 3 rings (SSSR count). The molecule has 0 atom stereocenters. The Balaban J connectivity index is 1.68. The van der Waals surface area contributed by atoms with Gasteiger partial charge in [-0.1, -0.05) is 41.9 Å². The van der Waals surface area contributed by atoms with Crippen LogP contribution in [0.3, 0.4) is 0 Å². The van der Waals surface area contributed by atoms with Gasteiger partial charge < -0.3 is 9.64 Å². The minimum absolute atomic E-state index is 0.0899. The molecule has 0 N–H and O–H groups in total. The Labute approximate surface area is 141 Å². The fourth-order valence-corrected chi connectivity index (χ4v) is 2.77. The number of ether oxygens (including phenoxy) is 1. The number of nitrogens with zero attached hydrogens (tertiary/aromatic N) is 1. The highest BCUT2D eigenvalue weighted by Gasteiger charge is 2.10. The van der Waals surface area contributed by atoms with Crippen molar-refractivity contribution in [2.24, 2.45) is 0 Å². The molecule has 1 saturated heterocycles. The average Bonchev–Trinajstić information content (AvgIpc) is 2.61. The van der Waals surface area contributed by atoms with Gasteiger partial charge in [-0.05, 0) is 35.9 Å². The van der Waals surface area contributed by atoms with Crippen LogP contribution in [0.1, 0.15) is 15.9 Å². The van der Waals surface area contributed by atoms with Crippen LogP contribution in [0.2, 0.25) is 5.02 Å². The fraction of sp³-hybridized carbons (Fsp3) is 0.211. The van der Waals surface area contributed by atoms with Crippen molar-refractivity contribution >= 4 is 29.1 Å². The molecule has 0 aromatic heterocycles. The van der Waals surface area contributed by atoms with Crippen LogP contribution in [0.5, 0.6) is 0 Å². The molecule has 0 unspecified atom stereocenters. The van der Waals surface area contributed by atoms with Gasteiger partial charge in [0.25, 0.3) is 0 Å². The molecule has 1 fully saturated rings. The summed E-state index contributed by atoms with van der Waals surface area (Å²) in [6.45, 7) is 3.38. The number of rotatable bonds is 4. The predicted octanol–water partition coefficient (Wildman–Crippen LogP) is 4.07. The summed E-state index contributed by atoms with van der Waals surface area (Å²) in [4.78, 5) is 14.5. The van der Waals surface area contributed by atoms with E-state index in [2.05, 4.69) is 17.0 Å². The second-order valence-electron chi connectivity index (χ2n) is 5.37. The standard InChI is InChI=1S/C19H18ClNO2/c20-18-4-2-1-3-17(18)19(22)10-7-15-5-8-16(9-6-15)21-11-13-23-14-12-21/h1-10H,11-14H2/b10-7+. The Morgan fingerprint density at radius 3 is 2.43 bits per heavy atom. The molecular formula is C19H18ClNO2. The third kappa shape index (κ3) is 4.01. The first-order valence-electron chi connectivity index (χ1n) is 7.64. The van der Waals surface area contributed by atoms with Gasteiger partial charge in [-0.3, -0.25) is 4.79 Å². The van der Waals surface area contributed by atoms with E-state index in [9.17, 15) is 4.79 Å². The van der Waals surface area contributed by atoms with Crippen molar-refractivity contribution in [3.05, 3.63) is 70.8 Å². The molecule has 2 aromatic carbocycles. The highest BCUT2D eigenvalue weighted by atomic mass is 35.5. The molecule has 23 heavy (non-hydrogen) atoms. The average molecular weight is 328 g/mol. The van der Waals surface area contributed by atoms with Gasteiger partial charge in [0.1, 0.15) is 0 Å². The van der Waals surface area contributed by atoms with Crippen molar-refractivity contribution in [3.63, 3.8) is 0 Å². The normalized spacial score (nSPS) is 15.1. The summed E-state index contributed by atoms with van der Waals surface area (Å²) >= 11 is 6.04. The van der Waals surface area contributed by atoms with Crippen molar-refractivity contribution < 1.29 is 9.53 Å². The molecule has 2 aromatic rings. The highest BCUT2D eigenvalue weighted by molar-refractivity contribution is 6.34. The number of allylic oxidation sites excluding steroid dienone is 1. The molecule has 0 aliphatic carbocycles. The van der Waals surface area contributed by atoms with E-state index in [1.165, 1.54) is 5.69 Å². The minimum Gasteiger partial charge on any atom is -0.378 e. The Hall–Kier alpha value is -2.10. The SMILES string of the molecule is O=C(/C=C/c1ccc(N2CCOCC2)cc1)c1ccccc1Cl. The first kappa shape index (κ1) is 15.8. The summed E-state index contributed by atoms with van der Waals surface area (Å²) in [6.07, 6.45) is 3.37. The zero-order valence-corrected chi connectivity index (χ0v) is 13.5. The van der Waals surface area contributed by atoms with E-state index < -0.39 is 0 Å². The maximum atomic E-state index is 12.2. The summed E-state index contributed by atoms with van der Waals surface area (Å²) in [6, 6.07) is 15.3. The maximum absolute atomic E-state index is 12.2. The molecular weight excluding hydrogens is 310 g/mol. The van der Waals surface area contributed by atoms with Gasteiger partial charge in [-0.15, -0.1) is 0 Å². The molecule has 118 valence electrons. The first-order chi connectivity index (χ1) is 11.2. The lowest BCUT2D eigenvalue weighted by Crippen LogP contribution is -2.36. The summed E-state index contributed by atoms with van der Waals surface area (Å²) < 4.78 is 5.36. The van der Waals surface area contributed by atoms with E-state index in [0.29, 0.717) is 10.6 Å². The number of ketones is 1. The number of carbonyl (C=O) groups excluding carboxylic acids is 1. The van der Waals surface area contributed by atoms with Crippen molar-refractivity contribution in [1.29, 1.82) is 0 Å². The molecule has 1 aliphatic heterocycles. The van der Waals surface area contributed by atoms with Gasteiger partial charge in [0.2, 0.25) is 0 Å². The van der Waals surface area contributed by atoms with Crippen molar-refractivity contribution in [2.45, 2.75) is 0 Å². The minimum atomic E-state index is -0.0899. The van der Waals surface area contributed by atoms with E-state index in [-0.39, 0.29) is 5.78 Å². The Kier molecular flexibility index (Phi) is 5.11. The topological polar surface area (TPSA) is 29.5 Å². The van der Waals surface area contributed by atoms with Crippen LogP contribution in [-0.4, -0.2) is 32.1 Å². The zero-order chi connectivity index (χ0) is 16.1. The lowest BCUT2D eigenvalue weighted by atomic mass is 10.1. The zero-order valence-electron chi connectivity index (χ0n) is 12.7. The smallest absolute Gasteiger partial charge is 0.187 e.